The molecule has 0 aliphatic heterocycles. The van der Waals surface area contributed by atoms with E-state index < -0.39 is 16.1 Å². The fraction of sp³-hybridized carbons (Fsp3) is 0.278. The van der Waals surface area contributed by atoms with Crippen LogP contribution >= 0.6 is 15.9 Å². The molecule has 0 saturated heterocycles. The Labute approximate surface area is 162 Å². The van der Waals surface area contributed by atoms with Crippen molar-refractivity contribution < 1.29 is 17.9 Å². The number of carbonyl (C=O) groups is 1. The van der Waals surface area contributed by atoms with Gasteiger partial charge in [0.15, 0.2) is 0 Å². The lowest BCUT2D eigenvalue weighted by atomic mass is 10.1. The molecule has 0 bridgehead atoms. The van der Waals surface area contributed by atoms with Crippen LogP contribution in [0.3, 0.4) is 0 Å². The molecule has 1 amide bonds. The Kier molecular flexibility index (Phi) is 6.80. The molecule has 8 heteroatoms. The molecule has 6 nitrogen and oxygen atoms in total. The van der Waals surface area contributed by atoms with E-state index in [2.05, 4.69) is 26.0 Å². The minimum atomic E-state index is -3.78. The minimum absolute atomic E-state index is 0.0497. The van der Waals surface area contributed by atoms with E-state index in [-0.39, 0.29) is 17.2 Å². The first-order valence-corrected chi connectivity index (χ1v) is 10.3. The smallest absolute Gasteiger partial charge is 0.241 e. The highest BCUT2D eigenvalue weighted by Gasteiger charge is 2.20. The topological polar surface area (TPSA) is 84.5 Å². The van der Waals surface area contributed by atoms with E-state index in [1.54, 1.807) is 13.8 Å². The molecule has 1 atom stereocenters. The zero-order valence-electron chi connectivity index (χ0n) is 14.7. The summed E-state index contributed by atoms with van der Waals surface area (Å²) < 4.78 is 34.2. The van der Waals surface area contributed by atoms with E-state index >= 15 is 0 Å². The van der Waals surface area contributed by atoms with Gasteiger partial charge < -0.3 is 10.1 Å². The molecule has 2 aromatic rings. The molecule has 140 valence electrons. The predicted molar refractivity (Wildman–Crippen MR) is 105 cm³/mol. The van der Waals surface area contributed by atoms with Crippen molar-refractivity contribution in [1.82, 2.24) is 4.72 Å². The van der Waals surface area contributed by atoms with E-state index in [1.165, 1.54) is 25.3 Å². The van der Waals surface area contributed by atoms with Crippen molar-refractivity contribution in [3.63, 3.8) is 0 Å². The number of benzene rings is 2. The van der Waals surface area contributed by atoms with Gasteiger partial charge in [-0.3, -0.25) is 4.79 Å². The first-order chi connectivity index (χ1) is 12.3. The summed E-state index contributed by atoms with van der Waals surface area (Å²) in [5.41, 5.74) is 1.16. The quantitative estimate of drug-likeness (QED) is 0.684. The van der Waals surface area contributed by atoms with Crippen LogP contribution in [0, 0.1) is 0 Å². The minimum Gasteiger partial charge on any atom is -0.495 e. The molecule has 0 radical (unpaired) electrons. The van der Waals surface area contributed by atoms with Crippen LogP contribution < -0.4 is 14.8 Å². The van der Waals surface area contributed by atoms with Crippen molar-refractivity contribution in [3.8, 4) is 5.75 Å². The number of nitrogens with one attached hydrogen (secondary N) is 2. The van der Waals surface area contributed by atoms with Crippen LogP contribution in [0.1, 0.15) is 31.9 Å². The highest BCUT2D eigenvalue weighted by Crippen LogP contribution is 2.28. The van der Waals surface area contributed by atoms with Crippen LogP contribution in [0.25, 0.3) is 0 Å². The Morgan fingerprint density at radius 1 is 1.19 bits per heavy atom. The van der Waals surface area contributed by atoms with Crippen molar-refractivity contribution in [3.05, 3.63) is 52.5 Å². The zero-order valence-corrected chi connectivity index (χ0v) is 17.1. The van der Waals surface area contributed by atoms with Gasteiger partial charge in [0.05, 0.1) is 17.7 Å². The van der Waals surface area contributed by atoms with Gasteiger partial charge in [-0.15, -0.1) is 0 Å². The molecular formula is C18H21BrN2O4S. The summed E-state index contributed by atoms with van der Waals surface area (Å²) in [5, 5.41) is 2.65. The van der Waals surface area contributed by atoms with E-state index in [0.717, 1.165) is 10.0 Å². The molecule has 26 heavy (non-hydrogen) atoms. The zero-order chi connectivity index (χ0) is 19.3. The summed E-state index contributed by atoms with van der Waals surface area (Å²) in [6, 6.07) is 11.3. The number of sulfonamides is 1. The highest BCUT2D eigenvalue weighted by molar-refractivity contribution is 9.10. The number of carbonyl (C=O) groups excluding carboxylic acids is 1. The molecule has 2 N–H and O–H groups in total. The third-order valence-corrected chi connectivity index (χ3v) is 5.85. The lowest BCUT2D eigenvalue weighted by Gasteiger charge is -2.16. The van der Waals surface area contributed by atoms with Crippen LogP contribution in [0.2, 0.25) is 0 Å². The second-order valence-corrected chi connectivity index (χ2v) is 8.29. The van der Waals surface area contributed by atoms with Gasteiger partial charge in [0.25, 0.3) is 0 Å². The van der Waals surface area contributed by atoms with Gasteiger partial charge in [0, 0.05) is 16.9 Å². The predicted octanol–water partition coefficient (Wildman–Crippen LogP) is 3.85. The fourth-order valence-electron chi connectivity index (χ4n) is 2.31. The number of ether oxygens (including phenoxy) is 1. The average Bonchev–Trinajstić information content (AvgIpc) is 2.61. The van der Waals surface area contributed by atoms with Crippen molar-refractivity contribution >= 4 is 37.5 Å². The summed E-state index contributed by atoms with van der Waals surface area (Å²) in [5.74, 6) is 0.167. The standard InChI is InChI=1S/C18H21BrN2O4S/c1-4-18(22)20-16-11-15(9-10-17(16)25-3)26(23,24)21-12(2)13-5-7-14(19)8-6-13/h5-12,21H,4H2,1-3H3,(H,20,22)/t12-/m1/s1. The van der Waals surface area contributed by atoms with E-state index in [9.17, 15) is 13.2 Å². The fourth-order valence-corrected chi connectivity index (χ4v) is 3.83. The number of rotatable bonds is 7. The van der Waals surface area contributed by atoms with Gasteiger partial charge in [-0.05, 0) is 42.8 Å². The van der Waals surface area contributed by atoms with Gasteiger partial charge in [0.1, 0.15) is 5.75 Å². The van der Waals surface area contributed by atoms with E-state index in [0.29, 0.717) is 11.4 Å². The van der Waals surface area contributed by atoms with Crippen LogP contribution in [-0.4, -0.2) is 21.4 Å². The largest absolute Gasteiger partial charge is 0.495 e. The summed E-state index contributed by atoms with van der Waals surface area (Å²) >= 11 is 3.35. The Morgan fingerprint density at radius 2 is 1.85 bits per heavy atom. The Bertz CT molecular complexity index is 883. The molecule has 0 fully saturated rings. The van der Waals surface area contributed by atoms with Crippen LogP contribution in [-0.2, 0) is 14.8 Å². The lowest BCUT2D eigenvalue weighted by molar-refractivity contribution is -0.115. The van der Waals surface area contributed by atoms with Gasteiger partial charge in [-0.25, -0.2) is 13.1 Å². The lowest BCUT2D eigenvalue weighted by Crippen LogP contribution is -2.27. The Hall–Kier alpha value is -1.90. The van der Waals surface area contributed by atoms with E-state index in [1.807, 2.05) is 24.3 Å². The van der Waals surface area contributed by atoms with Crippen molar-refractivity contribution in [2.75, 3.05) is 12.4 Å². The SMILES string of the molecule is CCC(=O)Nc1cc(S(=O)(=O)N[C@H](C)c2ccc(Br)cc2)ccc1OC. The van der Waals surface area contributed by atoms with Gasteiger partial charge in [-0.1, -0.05) is 35.0 Å². The molecule has 0 aromatic heterocycles. The number of anilines is 1. The van der Waals surface area contributed by atoms with Crippen molar-refractivity contribution in [2.24, 2.45) is 0 Å². The second kappa shape index (κ2) is 8.66. The Morgan fingerprint density at radius 3 is 2.42 bits per heavy atom. The van der Waals surface area contributed by atoms with Crippen LogP contribution in [0.15, 0.2) is 51.8 Å². The first-order valence-electron chi connectivity index (χ1n) is 8.02. The van der Waals surface area contributed by atoms with Crippen LogP contribution in [0.4, 0.5) is 5.69 Å². The van der Waals surface area contributed by atoms with Crippen molar-refractivity contribution in [2.45, 2.75) is 31.2 Å². The van der Waals surface area contributed by atoms with E-state index in [4.69, 9.17) is 4.74 Å². The number of amides is 1. The molecular weight excluding hydrogens is 420 g/mol. The number of hydrogen-bond donors (Lipinski definition) is 2. The number of hydrogen-bond acceptors (Lipinski definition) is 4. The average molecular weight is 441 g/mol. The van der Waals surface area contributed by atoms with Gasteiger partial charge in [0.2, 0.25) is 15.9 Å². The summed E-state index contributed by atoms with van der Waals surface area (Å²) in [6.45, 7) is 3.48. The maximum absolute atomic E-state index is 12.7. The number of halogens is 1. The Balaban J connectivity index is 2.28. The highest BCUT2D eigenvalue weighted by atomic mass is 79.9. The van der Waals surface area contributed by atoms with Gasteiger partial charge in [-0.2, -0.15) is 0 Å². The van der Waals surface area contributed by atoms with Crippen molar-refractivity contribution in [1.29, 1.82) is 0 Å². The summed E-state index contributed by atoms with van der Waals surface area (Å²) in [7, 11) is -2.32. The molecule has 0 aliphatic rings. The maximum atomic E-state index is 12.7. The maximum Gasteiger partial charge on any atom is 0.241 e. The monoisotopic (exact) mass is 440 g/mol. The molecule has 0 spiro atoms. The third-order valence-electron chi connectivity index (χ3n) is 3.78. The summed E-state index contributed by atoms with van der Waals surface area (Å²) in [4.78, 5) is 11.7. The molecule has 0 aliphatic carbocycles. The second-order valence-electron chi connectivity index (χ2n) is 5.66. The summed E-state index contributed by atoms with van der Waals surface area (Å²) in [6.07, 6.45) is 0.277. The normalized spacial score (nSPS) is 12.5. The molecule has 0 heterocycles. The molecule has 2 rings (SSSR count). The number of methoxy groups -OCH3 is 1. The van der Waals surface area contributed by atoms with Gasteiger partial charge >= 0.3 is 0 Å². The molecule has 0 saturated carbocycles. The molecule has 2 aromatic carbocycles. The van der Waals surface area contributed by atoms with Crippen LogP contribution in [0.5, 0.6) is 5.75 Å². The first kappa shape index (κ1) is 20.4. The molecule has 0 unspecified atom stereocenters. The third kappa shape index (κ3) is 5.06.